The van der Waals surface area contributed by atoms with Gasteiger partial charge in [-0.15, -0.1) is 5.10 Å². The molecule has 0 saturated heterocycles. The van der Waals surface area contributed by atoms with Crippen molar-refractivity contribution in [3.8, 4) is 11.3 Å². The van der Waals surface area contributed by atoms with Crippen molar-refractivity contribution in [1.82, 2.24) is 15.0 Å². The Hall–Kier alpha value is -1.39. The zero-order valence-electron chi connectivity index (χ0n) is 8.31. The topological polar surface area (TPSA) is 56.7 Å². The van der Waals surface area contributed by atoms with Crippen LogP contribution in [0.2, 0.25) is 5.02 Å². The van der Waals surface area contributed by atoms with E-state index < -0.39 is 0 Å². The molecule has 1 heterocycles. The third kappa shape index (κ3) is 1.86. The number of aromatic nitrogens is 3. The van der Waals surface area contributed by atoms with Crippen LogP contribution in [0.4, 0.5) is 0 Å². The molecule has 0 aliphatic rings. The second-order valence-electron chi connectivity index (χ2n) is 3.25. The van der Waals surface area contributed by atoms with Gasteiger partial charge in [0.05, 0.1) is 11.9 Å². The average molecular weight is 223 g/mol. The maximum Gasteiger partial charge on any atom is 0.0882 e. The van der Waals surface area contributed by atoms with E-state index in [4.69, 9.17) is 17.3 Å². The molecule has 0 radical (unpaired) electrons. The molecule has 0 amide bonds. The van der Waals surface area contributed by atoms with Gasteiger partial charge in [0.1, 0.15) is 0 Å². The van der Waals surface area contributed by atoms with Gasteiger partial charge in [0.25, 0.3) is 0 Å². The van der Waals surface area contributed by atoms with Crippen molar-refractivity contribution in [3.63, 3.8) is 0 Å². The first-order valence-electron chi connectivity index (χ1n) is 4.56. The second-order valence-corrected chi connectivity index (χ2v) is 3.66. The van der Waals surface area contributed by atoms with Crippen LogP contribution in [0, 0.1) is 0 Å². The fourth-order valence-electron chi connectivity index (χ4n) is 1.42. The maximum absolute atomic E-state index is 6.07. The molecule has 2 aromatic rings. The highest BCUT2D eigenvalue weighted by Gasteiger charge is 2.06. The zero-order chi connectivity index (χ0) is 10.8. The van der Waals surface area contributed by atoms with Crippen molar-refractivity contribution >= 4 is 11.6 Å². The number of benzene rings is 1. The Kier molecular flexibility index (Phi) is 2.70. The Bertz CT molecular complexity index is 478. The molecule has 1 aromatic carbocycles. The van der Waals surface area contributed by atoms with Crippen LogP contribution in [0.5, 0.6) is 0 Å². The minimum Gasteiger partial charge on any atom is -0.326 e. The summed E-state index contributed by atoms with van der Waals surface area (Å²) in [6.07, 6.45) is 1.70. The molecule has 2 N–H and O–H groups in total. The van der Waals surface area contributed by atoms with Crippen molar-refractivity contribution < 1.29 is 0 Å². The van der Waals surface area contributed by atoms with Gasteiger partial charge in [0, 0.05) is 24.2 Å². The van der Waals surface area contributed by atoms with E-state index in [2.05, 4.69) is 10.3 Å². The van der Waals surface area contributed by atoms with Crippen LogP contribution in [0.15, 0.2) is 24.4 Å². The lowest BCUT2D eigenvalue weighted by Gasteiger charge is -2.04. The molecule has 0 unspecified atom stereocenters. The Morgan fingerprint density at radius 1 is 1.47 bits per heavy atom. The van der Waals surface area contributed by atoms with Crippen molar-refractivity contribution in [1.29, 1.82) is 0 Å². The number of nitrogens with two attached hydrogens (primary N) is 1. The molecule has 0 aliphatic carbocycles. The van der Waals surface area contributed by atoms with E-state index in [0.717, 1.165) is 16.8 Å². The van der Waals surface area contributed by atoms with Gasteiger partial charge in [-0.05, 0) is 11.6 Å². The quantitative estimate of drug-likeness (QED) is 0.840. The second kappa shape index (κ2) is 4.00. The fraction of sp³-hybridized carbons (Fsp3) is 0.200. The molecule has 0 saturated carbocycles. The van der Waals surface area contributed by atoms with Gasteiger partial charge in [-0.2, -0.15) is 0 Å². The standard InChI is InChI=1S/C10H11ClN4/c1-15-10(6-13-14-15)7-2-3-8(5-12)9(11)4-7/h2-4,6H,5,12H2,1H3. The van der Waals surface area contributed by atoms with Gasteiger partial charge in [-0.25, -0.2) is 4.68 Å². The van der Waals surface area contributed by atoms with Crippen molar-refractivity contribution in [3.05, 3.63) is 35.0 Å². The van der Waals surface area contributed by atoms with Gasteiger partial charge >= 0.3 is 0 Å². The number of hydrogen-bond acceptors (Lipinski definition) is 3. The Morgan fingerprint density at radius 2 is 2.27 bits per heavy atom. The van der Waals surface area contributed by atoms with Crippen molar-refractivity contribution in [2.24, 2.45) is 12.8 Å². The summed E-state index contributed by atoms with van der Waals surface area (Å²) < 4.78 is 1.70. The molecule has 0 spiro atoms. The highest BCUT2D eigenvalue weighted by atomic mass is 35.5. The molecule has 0 aliphatic heterocycles. The van der Waals surface area contributed by atoms with E-state index in [9.17, 15) is 0 Å². The van der Waals surface area contributed by atoms with E-state index in [1.165, 1.54) is 0 Å². The first-order chi connectivity index (χ1) is 7.22. The molecule has 15 heavy (non-hydrogen) atoms. The first-order valence-corrected chi connectivity index (χ1v) is 4.93. The van der Waals surface area contributed by atoms with Crippen LogP contribution in [-0.2, 0) is 13.6 Å². The van der Waals surface area contributed by atoms with Gasteiger partial charge in [0.2, 0.25) is 0 Å². The summed E-state index contributed by atoms with van der Waals surface area (Å²) in [5.74, 6) is 0. The lowest BCUT2D eigenvalue weighted by molar-refractivity contribution is 0.720. The van der Waals surface area contributed by atoms with Crippen LogP contribution in [0.3, 0.4) is 0 Å². The third-order valence-electron chi connectivity index (χ3n) is 2.28. The number of nitrogens with zero attached hydrogens (tertiary/aromatic N) is 3. The van der Waals surface area contributed by atoms with Crippen LogP contribution in [-0.4, -0.2) is 15.0 Å². The third-order valence-corrected chi connectivity index (χ3v) is 2.64. The van der Waals surface area contributed by atoms with Crippen LogP contribution in [0.1, 0.15) is 5.56 Å². The highest BCUT2D eigenvalue weighted by molar-refractivity contribution is 6.31. The van der Waals surface area contributed by atoms with E-state index in [0.29, 0.717) is 11.6 Å². The molecule has 5 heteroatoms. The number of hydrogen-bond donors (Lipinski definition) is 1. The molecule has 2 rings (SSSR count). The smallest absolute Gasteiger partial charge is 0.0882 e. The minimum atomic E-state index is 0.447. The van der Waals surface area contributed by atoms with Gasteiger partial charge in [0.15, 0.2) is 0 Å². The molecular weight excluding hydrogens is 212 g/mol. The molecule has 0 bridgehead atoms. The highest BCUT2D eigenvalue weighted by Crippen LogP contribution is 2.24. The van der Waals surface area contributed by atoms with Crippen molar-refractivity contribution in [2.75, 3.05) is 0 Å². The molecule has 4 nitrogen and oxygen atoms in total. The summed E-state index contributed by atoms with van der Waals surface area (Å²) in [5, 5.41) is 8.36. The summed E-state index contributed by atoms with van der Waals surface area (Å²) in [4.78, 5) is 0. The first kappa shape index (κ1) is 10.1. The van der Waals surface area contributed by atoms with Crippen LogP contribution in [0.25, 0.3) is 11.3 Å². The summed E-state index contributed by atoms with van der Waals surface area (Å²) in [6.45, 7) is 0.447. The fourth-order valence-corrected chi connectivity index (χ4v) is 1.68. The summed E-state index contributed by atoms with van der Waals surface area (Å²) >= 11 is 6.07. The summed E-state index contributed by atoms with van der Waals surface area (Å²) in [6, 6.07) is 5.76. The van der Waals surface area contributed by atoms with Crippen molar-refractivity contribution in [2.45, 2.75) is 6.54 Å². The molecule has 0 fully saturated rings. The Balaban J connectivity index is 2.47. The van der Waals surface area contributed by atoms with E-state index in [1.54, 1.807) is 10.9 Å². The SMILES string of the molecule is Cn1nncc1-c1ccc(CN)c(Cl)c1. The van der Waals surface area contributed by atoms with Gasteiger partial charge in [-0.3, -0.25) is 0 Å². The number of rotatable bonds is 2. The Morgan fingerprint density at radius 3 is 2.80 bits per heavy atom. The minimum absolute atomic E-state index is 0.447. The van der Waals surface area contributed by atoms with Crippen LogP contribution < -0.4 is 5.73 Å². The predicted molar refractivity (Wildman–Crippen MR) is 59.3 cm³/mol. The van der Waals surface area contributed by atoms with E-state index >= 15 is 0 Å². The molecular formula is C10H11ClN4. The normalized spacial score (nSPS) is 10.6. The van der Waals surface area contributed by atoms with Gasteiger partial charge in [-0.1, -0.05) is 28.9 Å². The monoisotopic (exact) mass is 222 g/mol. The number of aryl methyl sites for hydroxylation is 1. The van der Waals surface area contributed by atoms with E-state index in [-0.39, 0.29) is 0 Å². The lowest BCUT2D eigenvalue weighted by atomic mass is 10.1. The number of halogens is 1. The molecule has 0 atom stereocenters. The maximum atomic E-state index is 6.07. The Labute approximate surface area is 92.7 Å². The van der Waals surface area contributed by atoms with Crippen LogP contribution >= 0.6 is 11.6 Å². The van der Waals surface area contributed by atoms with Gasteiger partial charge < -0.3 is 5.73 Å². The summed E-state index contributed by atoms with van der Waals surface area (Å²) in [5.41, 5.74) is 8.40. The zero-order valence-corrected chi connectivity index (χ0v) is 9.07. The van der Waals surface area contributed by atoms with E-state index in [1.807, 2.05) is 25.2 Å². The lowest BCUT2D eigenvalue weighted by Crippen LogP contribution is -1.98. The molecule has 78 valence electrons. The average Bonchev–Trinajstić information content (AvgIpc) is 2.64. The summed E-state index contributed by atoms with van der Waals surface area (Å²) in [7, 11) is 1.84. The largest absolute Gasteiger partial charge is 0.326 e. The molecule has 1 aromatic heterocycles. The predicted octanol–water partition coefficient (Wildman–Crippen LogP) is 1.59.